The van der Waals surface area contributed by atoms with Crippen molar-refractivity contribution < 1.29 is 14.2 Å². The van der Waals surface area contributed by atoms with Gasteiger partial charge in [-0.2, -0.15) is 9.65 Å². The monoisotopic (exact) mass is 243 g/mol. The van der Waals surface area contributed by atoms with Crippen LogP contribution in [-0.4, -0.2) is 12.2 Å². The van der Waals surface area contributed by atoms with E-state index >= 15 is 0 Å². The maximum Gasteiger partial charge on any atom is 0.208 e. The molecule has 1 aromatic carbocycles. The van der Waals surface area contributed by atoms with E-state index in [0.29, 0.717) is 0 Å². The zero-order chi connectivity index (χ0) is 12.5. The van der Waals surface area contributed by atoms with Crippen LogP contribution >= 0.6 is 11.6 Å². The third-order valence-electron chi connectivity index (χ3n) is 2.31. The number of benzene rings is 1. The number of nitrogens with zero attached hydrogens (tertiary/aromatic N) is 1. The number of hydrogen-bond acceptors (Lipinski definition) is 3. The van der Waals surface area contributed by atoms with Crippen molar-refractivity contribution in [3.05, 3.63) is 22.5 Å². The summed E-state index contributed by atoms with van der Waals surface area (Å²) in [7, 11) is 1.25. The number of hydrogen-bond donors (Lipinski definition) is 1. The Morgan fingerprint density at radius 1 is 1.56 bits per heavy atom. The first-order valence-corrected chi connectivity index (χ1v) is 4.89. The van der Waals surface area contributed by atoms with Gasteiger partial charge in [-0.3, -0.25) is 0 Å². The molecular weight excluding hydrogens is 233 g/mol. The van der Waals surface area contributed by atoms with Crippen LogP contribution in [0.4, 0.5) is 4.39 Å². The molecule has 0 heterocycles. The highest BCUT2D eigenvalue weighted by atomic mass is 35.5. The fraction of sp³-hybridized carbons (Fsp3) is 0.364. The molecule has 0 aliphatic heterocycles. The fourth-order valence-corrected chi connectivity index (χ4v) is 1.58. The van der Waals surface area contributed by atoms with Gasteiger partial charge in [-0.25, -0.2) is 0 Å². The molecule has 0 radical (unpaired) electrons. The van der Waals surface area contributed by atoms with Gasteiger partial charge in [0.05, 0.1) is 23.6 Å². The first kappa shape index (κ1) is 12.6. The summed E-state index contributed by atoms with van der Waals surface area (Å²) in [5, 5.41) is 18.6. The molecule has 3 nitrogen and oxygen atoms in total. The van der Waals surface area contributed by atoms with E-state index in [2.05, 4.69) is 0 Å². The van der Waals surface area contributed by atoms with Crippen LogP contribution in [0.1, 0.15) is 19.4 Å². The molecule has 0 atom stereocenters. The molecule has 16 heavy (non-hydrogen) atoms. The summed E-state index contributed by atoms with van der Waals surface area (Å²) in [5.41, 5.74) is -0.890. The zero-order valence-corrected chi connectivity index (χ0v) is 9.89. The maximum absolute atomic E-state index is 13.6. The Kier molecular flexibility index (Phi) is 3.30. The van der Waals surface area contributed by atoms with E-state index in [9.17, 15) is 9.50 Å². The lowest BCUT2D eigenvalue weighted by Gasteiger charge is -2.19. The van der Waals surface area contributed by atoms with Crippen LogP contribution in [0.15, 0.2) is 6.07 Å². The molecule has 0 aliphatic carbocycles. The molecule has 1 aromatic rings. The van der Waals surface area contributed by atoms with Crippen molar-refractivity contribution in [2.24, 2.45) is 0 Å². The Balaban J connectivity index is 3.53. The van der Waals surface area contributed by atoms with Crippen molar-refractivity contribution in [2.75, 3.05) is 7.11 Å². The summed E-state index contributed by atoms with van der Waals surface area (Å²) in [6, 6.07) is 3.30. The van der Waals surface area contributed by atoms with Gasteiger partial charge in [0.25, 0.3) is 0 Å². The lowest BCUT2D eigenvalue weighted by molar-refractivity contribution is 0.359. The number of aromatic hydroxyl groups is 1. The summed E-state index contributed by atoms with van der Waals surface area (Å²) in [6.45, 7) is 3.12. The average molecular weight is 244 g/mol. The fourth-order valence-electron chi connectivity index (χ4n) is 1.32. The summed E-state index contributed by atoms with van der Waals surface area (Å²) < 4.78 is 18.3. The highest BCUT2D eigenvalue weighted by molar-refractivity contribution is 6.32. The van der Waals surface area contributed by atoms with Gasteiger partial charge in [0.1, 0.15) is 0 Å². The lowest BCUT2D eigenvalue weighted by atomic mass is 9.85. The topological polar surface area (TPSA) is 53.2 Å². The molecule has 5 heteroatoms. The molecule has 0 bridgehead atoms. The predicted molar refractivity (Wildman–Crippen MR) is 58.3 cm³/mol. The Labute approximate surface area is 98.0 Å². The average Bonchev–Trinajstić information content (AvgIpc) is 2.24. The Morgan fingerprint density at radius 2 is 2.12 bits per heavy atom. The van der Waals surface area contributed by atoms with Crippen LogP contribution in [0.25, 0.3) is 0 Å². The van der Waals surface area contributed by atoms with Crippen LogP contribution in [0.2, 0.25) is 5.02 Å². The molecule has 0 spiro atoms. The smallest absolute Gasteiger partial charge is 0.208 e. The van der Waals surface area contributed by atoms with Gasteiger partial charge in [0, 0.05) is 5.56 Å². The van der Waals surface area contributed by atoms with Crippen molar-refractivity contribution in [1.82, 2.24) is 0 Å². The quantitative estimate of drug-likeness (QED) is 0.869. The molecular formula is C11H11ClFNO2. The molecule has 0 aliphatic rings. The first-order chi connectivity index (χ1) is 7.35. The van der Waals surface area contributed by atoms with Crippen LogP contribution < -0.4 is 4.74 Å². The second-order valence-corrected chi connectivity index (χ2v) is 4.25. The van der Waals surface area contributed by atoms with Gasteiger partial charge < -0.3 is 9.84 Å². The second kappa shape index (κ2) is 4.18. The summed E-state index contributed by atoms with van der Waals surface area (Å²) in [5.74, 6) is -1.78. The number of halogens is 2. The number of methoxy groups -OCH3 is 1. The molecule has 0 fully saturated rings. The van der Waals surface area contributed by atoms with Crippen molar-refractivity contribution in [1.29, 1.82) is 5.26 Å². The number of nitriles is 1. The number of ether oxygens (including phenoxy) is 1. The van der Waals surface area contributed by atoms with Crippen molar-refractivity contribution >= 4 is 11.6 Å². The van der Waals surface area contributed by atoms with Gasteiger partial charge in [-0.05, 0) is 19.9 Å². The summed E-state index contributed by atoms with van der Waals surface area (Å²) in [4.78, 5) is 0. The summed E-state index contributed by atoms with van der Waals surface area (Å²) >= 11 is 5.78. The van der Waals surface area contributed by atoms with Crippen LogP contribution in [0, 0.1) is 17.1 Å². The minimum absolute atomic E-state index is 0.0242. The van der Waals surface area contributed by atoms with E-state index in [1.54, 1.807) is 13.8 Å². The largest absolute Gasteiger partial charge is 0.504 e. The lowest BCUT2D eigenvalue weighted by Crippen LogP contribution is -2.15. The maximum atomic E-state index is 13.6. The first-order valence-electron chi connectivity index (χ1n) is 4.51. The Morgan fingerprint density at radius 3 is 2.56 bits per heavy atom. The molecule has 0 amide bonds. The van der Waals surface area contributed by atoms with Gasteiger partial charge in [-0.15, -0.1) is 0 Å². The third-order valence-corrected chi connectivity index (χ3v) is 2.59. The van der Waals surface area contributed by atoms with E-state index in [0.717, 1.165) is 0 Å². The van der Waals surface area contributed by atoms with E-state index in [1.807, 2.05) is 6.07 Å². The molecule has 0 saturated heterocycles. The molecule has 0 aromatic heterocycles. The van der Waals surface area contributed by atoms with E-state index in [1.165, 1.54) is 13.2 Å². The van der Waals surface area contributed by atoms with E-state index < -0.39 is 17.0 Å². The summed E-state index contributed by atoms with van der Waals surface area (Å²) in [6.07, 6.45) is 0. The predicted octanol–water partition coefficient (Wildman–Crippen LogP) is 2.99. The minimum atomic E-state index is -1.03. The van der Waals surface area contributed by atoms with Crippen molar-refractivity contribution in [3.8, 4) is 17.6 Å². The zero-order valence-electron chi connectivity index (χ0n) is 9.14. The normalized spacial score (nSPS) is 11.0. The molecule has 0 unspecified atom stereocenters. The number of rotatable bonds is 2. The second-order valence-electron chi connectivity index (χ2n) is 3.84. The third kappa shape index (κ3) is 1.91. The van der Waals surface area contributed by atoms with Crippen molar-refractivity contribution in [2.45, 2.75) is 19.3 Å². The van der Waals surface area contributed by atoms with Gasteiger partial charge in [-0.1, -0.05) is 11.6 Å². The molecule has 1 rings (SSSR count). The SMILES string of the molecule is COc1c(Cl)cc(C(C)(C)C#N)c(O)c1F. The minimum Gasteiger partial charge on any atom is -0.504 e. The van der Waals surface area contributed by atoms with Gasteiger partial charge in [0.2, 0.25) is 5.82 Å². The standard InChI is InChI=1S/C11H11ClFNO2/c1-11(2,5-14)6-4-7(12)10(16-3)8(13)9(6)15/h4,15H,1-3H3. The molecule has 86 valence electrons. The molecule has 0 saturated carbocycles. The van der Waals surface area contributed by atoms with Crippen LogP contribution in [-0.2, 0) is 5.41 Å². The van der Waals surface area contributed by atoms with Crippen molar-refractivity contribution in [3.63, 3.8) is 0 Å². The van der Waals surface area contributed by atoms with Crippen LogP contribution in [0.3, 0.4) is 0 Å². The van der Waals surface area contributed by atoms with E-state index in [4.69, 9.17) is 21.6 Å². The highest BCUT2D eigenvalue weighted by Crippen LogP contribution is 2.41. The number of phenolic OH excluding ortho intramolecular Hbond substituents is 1. The van der Waals surface area contributed by atoms with E-state index in [-0.39, 0.29) is 16.3 Å². The Bertz CT molecular complexity index is 466. The molecule has 1 N–H and O–H groups in total. The van der Waals surface area contributed by atoms with Crippen LogP contribution in [0.5, 0.6) is 11.5 Å². The van der Waals surface area contributed by atoms with Gasteiger partial charge >= 0.3 is 0 Å². The highest BCUT2D eigenvalue weighted by Gasteiger charge is 2.28. The number of phenols is 1. The van der Waals surface area contributed by atoms with Gasteiger partial charge in [0.15, 0.2) is 11.5 Å². The Hall–Kier alpha value is -1.47.